The highest BCUT2D eigenvalue weighted by Crippen LogP contribution is 1.96. The average Bonchev–Trinajstić information content (AvgIpc) is 2.24. The highest BCUT2D eigenvalue weighted by atomic mass is 14.5. The fourth-order valence-corrected chi connectivity index (χ4v) is 0.811. The Morgan fingerprint density at radius 1 is 1.00 bits per heavy atom. The number of hydrogen-bond donors (Lipinski definition) is 3. The van der Waals surface area contributed by atoms with Gasteiger partial charge in [-0.25, -0.2) is 0 Å². The van der Waals surface area contributed by atoms with E-state index in [0.29, 0.717) is 0 Å². The molecule has 0 aliphatic carbocycles. The van der Waals surface area contributed by atoms with E-state index in [1.54, 1.807) is 0 Å². The molecule has 0 aliphatic rings. The lowest BCUT2D eigenvalue weighted by Gasteiger charge is -1.93. The molecule has 0 atom stereocenters. The van der Waals surface area contributed by atoms with Crippen molar-refractivity contribution < 1.29 is 0 Å². The van der Waals surface area contributed by atoms with Crippen molar-refractivity contribution in [1.82, 2.24) is 0 Å². The molecule has 6 N–H and O–H groups in total. The third-order valence-electron chi connectivity index (χ3n) is 1.28. The van der Waals surface area contributed by atoms with Gasteiger partial charge in [-0.15, -0.1) is 0 Å². The normalized spacial score (nSPS) is 7.79. The van der Waals surface area contributed by atoms with Crippen molar-refractivity contribution in [2.75, 3.05) is 20.1 Å². The van der Waals surface area contributed by atoms with Crippen LogP contribution in [0.5, 0.6) is 0 Å². The predicted molar refractivity (Wildman–Crippen MR) is 64.0 cm³/mol. The minimum absolute atomic E-state index is 0.740. The zero-order valence-corrected chi connectivity index (χ0v) is 9.24. The maximum absolute atomic E-state index is 5.36. The Balaban J connectivity index is 0. The van der Waals surface area contributed by atoms with Crippen LogP contribution >= 0.6 is 0 Å². The molecule has 0 bridgehead atoms. The van der Waals surface area contributed by atoms with Gasteiger partial charge in [0.25, 0.3) is 0 Å². The number of benzene rings is 1. The molecule has 1 rings (SSSR count). The Bertz CT molecular complexity index is 175. The third-order valence-corrected chi connectivity index (χ3v) is 1.28. The standard InChI is InChI=1S/C8H11N.C2H7N.CH5N/c9-7-6-8-4-2-1-3-5-8;1-2-3;1-2/h1-5H,6-7,9H2;2-3H2,1H3;2H2,1H3. The maximum atomic E-state index is 5.36. The summed E-state index contributed by atoms with van der Waals surface area (Å²) in [6, 6.07) is 10.3. The van der Waals surface area contributed by atoms with Gasteiger partial charge >= 0.3 is 0 Å². The first-order chi connectivity index (χ1) is 6.85. The summed E-state index contributed by atoms with van der Waals surface area (Å²) in [5, 5.41) is 0. The van der Waals surface area contributed by atoms with Gasteiger partial charge in [-0.05, 0) is 32.1 Å². The number of rotatable bonds is 2. The summed E-state index contributed by atoms with van der Waals surface area (Å²) in [4.78, 5) is 0. The molecule has 14 heavy (non-hydrogen) atoms. The molecule has 0 radical (unpaired) electrons. The van der Waals surface area contributed by atoms with E-state index in [4.69, 9.17) is 11.5 Å². The van der Waals surface area contributed by atoms with Crippen LogP contribution in [0.15, 0.2) is 30.3 Å². The molecule has 0 aromatic heterocycles. The van der Waals surface area contributed by atoms with Crippen LogP contribution < -0.4 is 17.2 Å². The molecule has 0 amide bonds. The van der Waals surface area contributed by atoms with Gasteiger partial charge in [0.05, 0.1) is 0 Å². The monoisotopic (exact) mass is 197 g/mol. The molecule has 82 valence electrons. The fraction of sp³-hybridized carbons (Fsp3) is 0.455. The molecule has 0 fully saturated rings. The van der Waals surface area contributed by atoms with E-state index in [1.807, 2.05) is 25.1 Å². The Labute approximate surface area is 87.3 Å². The summed E-state index contributed by atoms with van der Waals surface area (Å²) in [5.74, 6) is 0. The van der Waals surface area contributed by atoms with Crippen LogP contribution in [0.3, 0.4) is 0 Å². The van der Waals surface area contributed by atoms with Crippen LogP contribution in [0.25, 0.3) is 0 Å². The van der Waals surface area contributed by atoms with E-state index in [1.165, 1.54) is 12.6 Å². The van der Waals surface area contributed by atoms with E-state index in [-0.39, 0.29) is 0 Å². The van der Waals surface area contributed by atoms with E-state index < -0.39 is 0 Å². The zero-order chi connectivity index (χ0) is 11.2. The summed E-state index contributed by atoms with van der Waals surface area (Å²) >= 11 is 0. The molecule has 1 aromatic rings. The molecule has 1 aromatic carbocycles. The van der Waals surface area contributed by atoms with Crippen LogP contribution in [0.4, 0.5) is 0 Å². The first-order valence-electron chi connectivity index (χ1n) is 4.87. The van der Waals surface area contributed by atoms with Gasteiger partial charge in [0.15, 0.2) is 0 Å². The molecule has 0 saturated heterocycles. The van der Waals surface area contributed by atoms with Gasteiger partial charge in [-0.1, -0.05) is 37.3 Å². The second kappa shape index (κ2) is 14.6. The van der Waals surface area contributed by atoms with Gasteiger partial charge in [-0.3, -0.25) is 0 Å². The first kappa shape index (κ1) is 15.6. The summed E-state index contributed by atoms with van der Waals surface area (Å²) in [7, 11) is 1.50. The van der Waals surface area contributed by atoms with Crippen molar-refractivity contribution in [2.45, 2.75) is 13.3 Å². The molecule has 0 saturated carbocycles. The minimum atomic E-state index is 0.740. The molecule has 0 aliphatic heterocycles. The van der Waals surface area contributed by atoms with Crippen LogP contribution in [0, 0.1) is 0 Å². The van der Waals surface area contributed by atoms with Crippen molar-refractivity contribution in [3.63, 3.8) is 0 Å². The lowest BCUT2D eigenvalue weighted by Crippen LogP contribution is -2.01. The largest absolute Gasteiger partial charge is 0.333 e. The Hall–Kier alpha value is -0.900. The minimum Gasteiger partial charge on any atom is -0.333 e. The summed E-state index contributed by atoms with van der Waals surface area (Å²) in [6.45, 7) is 3.39. The van der Waals surface area contributed by atoms with Crippen molar-refractivity contribution >= 4 is 0 Å². The van der Waals surface area contributed by atoms with Gasteiger partial charge in [0.2, 0.25) is 0 Å². The molecule has 0 unspecified atom stereocenters. The highest BCUT2D eigenvalue weighted by Gasteiger charge is 1.84. The summed E-state index contributed by atoms with van der Waals surface area (Å²) in [6.07, 6.45) is 0.987. The third kappa shape index (κ3) is 11.1. The summed E-state index contributed by atoms with van der Waals surface area (Å²) in [5.41, 5.74) is 16.0. The topological polar surface area (TPSA) is 78.1 Å². The predicted octanol–water partition coefficient (Wildman–Crippen LogP) is 0.728. The number of hydrogen-bond acceptors (Lipinski definition) is 3. The molecule has 0 heterocycles. The van der Waals surface area contributed by atoms with Crippen LogP contribution in [0.1, 0.15) is 12.5 Å². The smallest absolute Gasteiger partial charge is 0.00367 e. The Morgan fingerprint density at radius 2 is 1.43 bits per heavy atom. The van der Waals surface area contributed by atoms with Crippen LogP contribution in [-0.2, 0) is 6.42 Å². The first-order valence-corrected chi connectivity index (χ1v) is 4.87. The van der Waals surface area contributed by atoms with Crippen molar-refractivity contribution in [2.24, 2.45) is 17.2 Å². The van der Waals surface area contributed by atoms with E-state index in [9.17, 15) is 0 Å². The van der Waals surface area contributed by atoms with Gasteiger partial charge < -0.3 is 17.2 Å². The van der Waals surface area contributed by atoms with E-state index in [2.05, 4.69) is 17.9 Å². The van der Waals surface area contributed by atoms with Crippen LogP contribution in [0.2, 0.25) is 0 Å². The summed E-state index contributed by atoms with van der Waals surface area (Å²) < 4.78 is 0. The average molecular weight is 197 g/mol. The quantitative estimate of drug-likeness (QED) is 0.654. The number of nitrogens with two attached hydrogens (primary N) is 3. The molecular formula is C11H23N3. The van der Waals surface area contributed by atoms with Crippen molar-refractivity contribution in [3.05, 3.63) is 35.9 Å². The second-order valence-corrected chi connectivity index (χ2v) is 2.43. The lowest BCUT2D eigenvalue weighted by atomic mass is 10.2. The second-order valence-electron chi connectivity index (χ2n) is 2.43. The SMILES string of the molecule is CCN.CN.NCCc1ccccc1. The molecule has 0 spiro atoms. The van der Waals surface area contributed by atoms with Crippen LogP contribution in [-0.4, -0.2) is 20.1 Å². The molecule has 3 nitrogen and oxygen atoms in total. The highest BCUT2D eigenvalue weighted by molar-refractivity contribution is 5.14. The molecular weight excluding hydrogens is 174 g/mol. The van der Waals surface area contributed by atoms with Crippen molar-refractivity contribution in [3.8, 4) is 0 Å². The zero-order valence-electron chi connectivity index (χ0n) is 9.24. The Morgan fingerprint density at radius 3 is 1.79 bits per heavy atom. The van der Waals surface area contributed by atoms with E-state index >= 15 is 0 Å². The van der Waals surface area contributed by atoms with E-state index in [0.717, 1.165) is 19.5 Å². The van der Waals surface area contributed by atoms with Crippen molar-refractivity contribution in [1.29, 1.82) is 0 Å². The lowest BCUT2D eigenvalue weighted by molar-refractivity contribution is 0.969. The maximum Gasteiger partial charge on any atom is -0.00367 e. The van der Waals surface area contributed by atoms with Gasteiger partial charge in [0, 0.05) is 0 Å². The fourth-order valence-electron chi connectivity index (χ4n) is 0.811. The van der Waals surface area contributed by atoms with Gasteiger partial charge in [-0.2, -0.15) is 0 Å². The van der Waals surface area contributed by atoms with Gasteiger partial charge in [0.1, 0.15) is 0 Å². The molecule has 3 heteroatoms. The Kier molecular flexibility index (Phi) is 16.3.